The summed E-state index contributed by atoms with van der Waals surface area (Å²) in [7, 11) is 0. The Balaban J connectivity index is 2.08. The van der Waals surface area contributed by atoms with E-state index in [0.29, 0.717) is 17.3 Å². The molecule has 1 aromatic rings. The average molecular weight is 359 g/mol. The van der Waals surface area contributed by atoms with Crippen LogP contribution in [0.4, 0.5) is 10.1 Å². The van der Waals surface area contributed by atoms with Crippen LogP contribution in [0.25, 0.3) is 0 Å². The van der Waals surface area contributed by atoms with E-state index in [-0.39, 0.29) is 34.4 Å². The van der Waals surface area contributed by atoms with Crippen molar-refractivity contribution in [2.24, 2.45) is 11.8 Å². The van der Waals surface area contributed by atoms with E-state index in [1.165, 1.54) is 6.07 Å². The van der Waals surface area contributed by atoms with Gasteiger partial charge in [-0.25, -0.2) is 9.29 Å². The zero-order valence-electron chi connectivity index (χ0n) is 10.3. The third-order valence-corrected chi connectivity index (χ3v) is 4.61. The SMILES string of the molecule is O=C1[C@H]2CC=CC[C@H]2C(=O)N1c1c(Cl)cc(F)cc1Br. The van der Waals surface area contributed by atoms with Crippen molar-refractivity contribution in [2.45, 2.75) is 12.8 Å². The fraction of sp³-hybridized carbons (Fsp3) is 0.286. The Bertz CT molecular complexity index is 597. The highest BCUT2D eigenvalue weighted by molar-refractivity contribution is 9.10. The molecule has 1 saturated heterocycles. The number of benzene rings is 1. The number of anilines is 1. The van der Waals surface area contributed by atoms with Crippen molar-refractivity contribution in [3.8, 4) is 0 Å². The number of hydrogen-bond donors (Lipinski definition) is 0. The first kappa shape index (κ1) is 13.8. The molecule has 2 amide bonds. The van der Waals surface area contributed by atoms with E-state index in [1.807, 2.05) is 12.2 Å². The Morgan fingerprint density at radius 3 is 2.20 bits per heavy atom. The van der Waals surface area contributed by atoms with Gasteiger partial charge in [0.15, 0.2) is 0 Å². The van der Waals surface area contributed by atoms with Crippen LogP contribution in [0.2, 0.25) is 5.02 Å². The number of carbonyl (C=O) groups excluding carboxylic acids is 2. The molecule has 0 bridgehead atoms. The second kappa shape index (κ2) is 4.97. The van der Waals surface area contributed by atoms with Gasteiger partial charge in [0.1, 0.15) is 5.82 Å². The summed E-state index contributed by atoms with van der Waals surface area (Å²) in [4.78, 5) is 26.0. The van der Waals surface area contributed by atoms with Crippen LogP contribution in [0, 0.1) is 17.7 Å². The highest BCUT2D eigenvalue weighted by Crippen LogP contribution is 2.43. The van der Waals surface area contributed by atoms with Gasteiger partial charge in [0, 0.05) is 4.47 Å². The van der Waals surface area contributed by atoms with Gasteiger partial charge in [0.2, 0.25) is 11.8 Å². The van der Waals surface area contributed by atoms with Crippen LogP contribution in [-0.2, 0) is 9.59 Å². The summed E-state index contributed by atoms with van der Waals surface area (Å²) < 4.78 is 13.6. The Morgan fingerprint density at radius 1 is 1.15 bits per heavy atom. The van der Waals surface area contributed by atoms with Crippen LogP contribution in [0.15, 0.2) is 28.8 Å². The summed E-state index contributed by atoms with van der Waals surface area (Å²) in [6, 6.07) is 2.30. The second-order valence-electron chi connectivity index (χ2n) is 4.89. The van der Waals surface area contributed by atoms with Crippen LogP contribution in [0.1, 0.15) is 12.8 Å². The molecule has 0 radical (unpaired) electrons. The third-order valence-electron chi connectivity index (χ3n) is 3.71. The lowest BCUT2D eigenvalue weighted by Crippen LogP contribution is -2.31. The molecule has 0 N–H and O–H groups in total. The highest BCUT2D eigenvalue weighted by Gasteiger charge is 2.48. The van der Waals surface area contributed by atoms with Crippen molar-refractivity contribution >= 4 is 45.0 Å². The molecule has 6 heteroatoms. The molecule has 1 fully saturated rings. The van der Waals surface area contributed by atoms with E-state index in [9.17, 15) is 14.0 Å². The fourth-order valence-electron chi connectivity index (χ4n) is 2.77. The minimum Gasteiger partial charge on any atom is -0.274 e. The van der Waals surface area contributed by atoms with Gasteiger partial charge in [-0.2, -0.15) is 0 Å². The summed E-state index contributed by atoms with van der Waals surface area (Å²) in [5, 5.41) is 0.0465. The Labute approximate surface area is 128 Å². The fourth-order valence-corrected chi connectivity index (χ4v) is 3.78. The predicted molar refractivity (Wildman–Crippen MR) is 77.0 cm³/mol. The summed E-state index contributed by atoms with van der Waals surface area (Å²) in [6.45, 7) is 0. The molecule has 0 unspecified atom stereocenters. The molecule has 20 heavy (non-hydrogen) atoms. The van der Waals surface area contributed by atoms with Gasteiger partial charge in [0.05, 0.1) is 22.5 Å². The Morgan fingerprint density at radius 2 is 1.70 bits per heavy atom. The van der Waals surface area contributed by atoms with E-state index in [2.05, 4.69) is 15.9 Å². The quantitative estimate of drug-likeness (QED) is 0.567. The highest BCUT2D eigenvalue weighted by atomic mass is 79.9. The standard InChI is InChI=1S/C14H10BrClFNO2/c15-10-5-7(17)6-11(16)12(10)18-13(19)8-3-1-2-4-9(8)14(18)20/h1-2,5-6,8-9H,3-4H2/t8-,9+. The molecular weight excluding hydrogens is 349 g/mol. The minimum atomic E-state index is -0.524. The number of nitrogens with zero attached hydrogens (tertiary/aromatic N) is 1. The number of carbonyl (C=O) groups is 2. The molecule has 3 rings (SSSR count). The van der Waals surface area contributed by atoms with E-state index in [1.54, 1.807) is 0 Å². The van der Waals surface area contributed by atoms with E-state index >= 15 is 0 Å². The maximum Gasteiger partial charge on any atom is 0.238 e. The normalized spacial score (nSPS) is 25.2. The number of halogens is 3. The van der Waals surface area contributed by atoms with E-state index in [4.69, 9.17) is 11.6 Å². The minimum absolute atomic E-state index is 0.0465. The number of hydrogen-bond acceptors (Lipinski definition) is 2. The second-order valence-corrected chi connectivity index (χ2v) is 6.15. The first-order valence-electron chi connectivity index (χ1n) is 6.18. The lowest BCUT2D eigenvalue weighted by atomic mass is 9.85. The van der Waals surface area contributed by atoms with Crippen LogP contribution >= 0.6 is 27.5 Å². The summed E-state index contributed by atoms with van der Waals surface area (Å²) in [6.07, 6.45) is 4.94. The van der Waals surface area contributed by atoms with Crippen molar-refractivity contribution in [1.29, 1.82) is 0 Å². The van der Waals surface area contributed by atoms with Crippen LogP contribution in [0.3, 0.4) is 0 Å². The molecule has 1 heterocycles. The van der Waals surface area contributed by atoms with Gasteiger partial charge < -0.3 is 0 Å². The third kappa shape index (κ3) is 2.00. The van der Waals surface area contributed by atoms with Crippen LogP contribution in [0.5, 0.6) is 0 Å². The number of imide groups is 1. The number of rotatable bonds is 1. The maximum absolute atomic E-state index is 13.3. The van der Waals surface area contributed by atoms with Crippen molar-refractivity contribution in [1.82, 2.24) is 0 Å². The van der Waals surface area contributed by atoms with Crippen molar-refractivity contribution in [2.75, 3.05) is 4.90 Å². The molecule has 1 aromatic carbocycles. The van der Waals surface area contributed by atoms with Gasteiger partial charge in [0.25, 0.3) is 0 Å². The molecule has 1 aliphatic heterocycles. The summed E-state index contributed by atoms with van der Waals surface area (Å²) in [5.74, 6) is -1.72. The molecule has 104 valence electrons. The maximum atomic E-state index is 13.3. The molecule has 0 spiro atoms. The smallest absolute Gasteiger partial charge is 0.238 e. The zero-order valence-corrected chi connectivity index (χ0v) is 12.6. The largest absolute Gasteiger partial charge is 0.274 e. The Kier molecular flexibility index (Phi) is 3.42. The van der Waals surface area contributed by atoms with Gasteiger partial charge in [-0.1, -0.05) is 23.8 Å². The monoisotopic (exact) mass is 357 g/mol. The first-order valence-corrected chi connectivity index (χ1v) is 7.35. The van der Waals surface area contributed by atoms with Gasteiger partial charge >= 0.3 is 0 Å². The molecule has 0 saturated carbocycles. The van der Waals surface area contributed by atoms with Gasteiger partial charge in [-0.3, -0.25) is 9.59 Å². The molecular formula is C14H10BrClFNO2. The average Bonchev–Trinajstić information content (AvgIpc) is 2.64. The van der Waals surface area contributed by atoms with Crippen LogP contribution in [-0.4, -0.2) is 11.8 Å². The number of allylic oxidation sites excluding steroid dienone is 2. The Hall–Kier alpha value is -1.20. The molecule has 1 aliphatic carbocycles. The lowest BCUT2D eigenvalue weighted by molar-refractivity contribution is -0.122. The number of amides is 2. The van der Waals surface area contributed by atoms with E-state index < -0.39 is 5.82 Å². The van der Waals surface area contributed by atoms with Crippen molar-refractivity contribution in [3.63, 3.8) is 0 Å². The van der Waals surface area contributed by atoms with E-state index in [0.717, 1.165) is 11.0 Å². The van der Waals surface area contributed by atoms with Gasteiger partial charge in [-0.15, -0.1) is 0 Å². The van der Waals surface area contributed by atoms with Gasteiger partial charge in [-0.05, 0) is 40.9 Å². The lowest BCUT2D eigenvalue weighted by Gasteiger charge is -2.18. The topological polar surface area (TPSA) is 37.4 Å². The molecule has 2 atom stereocenters. The number of fused-ring (bicyclic) bond motifs is 1. The predicted octanol–water partition coefficient (Wildman–Crippen LogP) is 3.70. The molecule has 0 aromatic heterocycles. The van der Waals surface area contributed by atoms with Crippen molar-refractivity contribution in [3.05, 3.63) is 39.6 Å². The van der Waals surface area contributed by atoms with Crippen LogP contribution < -0.4 is 4.90 Å². The first-order chi connectivity index (χ1) is 9.50. The van der Waals surface area contributed by atoms with Crippen molar-refractivity contribution < 1.29 is 14.0 Å². The molecule has 2 aliphatic rings. The zero-order chi connectivity index (χ0) is 14.4. The summed E-state index contributed by atoms with van der Waals surface area (Å²) in [5.41, 5.74) is 0.234. The summed E-state index contributed by atoms with van der Waals surface area (Å²) >= 11 is 9.19. The molecule has 3 nitrogen and oxygen atoms in total.